The van der Waals surface area contributed by atoms with Crippen LogP contribution in [0.15, 0.2) is 91.0 Å². The second-order valence-electron chi connectivity index (χ2n) is 7.35. The van der Waals surface area contributed by atoms with Crippen molar-refractivity contribution in [1.29, 1.82) is 0 Å². The molecule has 0 saturated carbocycles. The van der Waals surface area contributed by atoms with E-state index in [1.807, 2.05) is 0 Å². The standard InChI is InChI=1S/C26H33NP.2BrH/c1-2-3-13-21-27-22-14-23-28(24-15-7-4-8-16-24,25-17-9-5-10-18-25)26-19-11-6-12-20-26;;/h4-12,15-20,27H,2-3,13-14,21-23H2,1H3;2*1H/q+1;;/p-1. The molecule has 0 aromatic heterocycles. The first-order valence-corrected chi connectivity index (χ1v) is 12.6. The Morgan fingerprint density at radius 1 is 0.600 bits per heavy atom. The van der Waals surface area contributed by atoms with Crippen molar-refractivity contribution < 1.29 is 17.0 Å². The molecule has 4 heteroatoms. The summed E-state index contributed by atoms with van der Waals surface area (Å²) in [4.78, 5) is 0. The minimum atomic E-state index is -1.65. The topological polar surface area (TPSA) is 12.0 Å². The molecule has 0 heterocycles. The molecule has 3 aromatic carbocycles. The van der Waals surface area contributed by atoms with Gasteiger partial charge < -0.3 is 22.3 Å². The molecule has 1 nitrogen and oxygen atoms in total. The van der Waals surface area contributed by atoms with Crippen LogP contribution in [-0.2, 0) is 0 Å². The minimum absolute atomic E-state index is 0. The smallest absolute Gasteiger partial charge is 0.112 e. The molecule has 0 fully saturated rings. The van der Waals surface area contributed by atoms with E-state index in [0.717, 1.165) is 13.1 Å². The van der Waals surface area contributed by atoms with Crippen molar-refractivity contribution in [2.24, 2.45) is 0 Å². The monoisotopic (exact) mass is 549 g/mol. The van der Waals surface area contributed by atoms with Crippen LogP contribution in [0.1, 0.15) is 32.6 Å². The Balaban J connectivity index is 0.00000225. The van der Waals surface area contributed by atoms with Gasteiger partial charge in [-0.3, -0.25) is 0 Å². The molecule has 0 radical (unpaired) electrons. The van der Waals surface area contributed by atoms with Gasteiger partial charge in [-0.1, -0.05) is 74.4 Å². The summed E-state index contributed by atoms with van der Waals surface area (Å²) >= 11 is 0. The summed E-state index contributed by atoms with van der Waals surface area (Å²) < 4.78 is 0. The molecule has 0 amide bonds. The van der Waals surface area contributed by atoms with Gasteiger partial charge in [-0.2, -0.15) is 0 Å². The highest BCUT2D eigenvalue weighted by atomic mass is 79.9. The Hall–Kier alpha value is -0.990. The molecule has 0 aliphatic carbocycles. The van der Waals surface area contributed by atoms with Crippen LogP contribution in [0.3, 0.4) is 0 Å². The third-order valence-electron chi connectivity index (χ3n) is 5.40. The van der Waals surface area contributed by atoms with E-state index < -0.39 is 7.26 Å². The first-order chi connectivity index (χ1) is 13.9. The zero-order chi connectivity index (χ0) is 19.5. The average Bonchev–Trinajstić information content (AvgIpc) is 2.78. The summed E-state index contributed by atoms with van der Waals surface area (Å²) in [5, 5.41) is 8.12. The van der Waals surface area contributed by atoms with Crippen molar-refractivity contribution in [3.8, 4) is 0 Å². The van der Waals surface area contributed by atoms with E-state index in [1.54, 1.807) is 0 Å². The van der Waals surface area contributed by atoms with Gasteiger partial charge in [-0.15, -0.1) is 17.0 Å². The quantitative estimate of drug-likeness (QED) is 0.286. The number of rotatable bonds is 11. The lowest BCUT2D eigenvalue weighted by Gasteiger charge is -2.27. The van der Waals surface area contributed by atoms with E-state index in [2.05, 4.69) is 103 Å². The van der Waals surface area contributed by atoms with Crippen molar-refractivity contribution in [1.82, 2.24) is 5.32 Å². The molecule has 0 unspecified atom stereocenters. The number of benzene rings is 3. The molecular weight excluding hydrogens is 517 g/mol. The van der Waals surface area contributed by atoms with E-state index in [0.29, 0.717) is 0 Å². The summed E-state index contributed by atoms with van der Waals surface area (Å²) in [5.41, 5.74) is 0. The van der Waals surface area contributed by atoms with Crippen LogP contribution in [-0.4, -0.2) is 19.3 Å². The van der Waals surface area contributed by atoms with Crippen LogP contribution in [0, 0.1) is 0 Å². The fourth-order valence-corrected chi connectivity index (χ4v) is 8.29. The van der Waals surface area contributed by atoms with Crippen molar-refractivity contribution in [2.45, 2.75) is 32.6 Å². The summed E-state index contributed by atoms with van der Waals surface area (Å²) in [5.74, 6) is 0. The summed E-state index contributed by atoms with van der Waals surface area (Å²) in [6.45, 7) is 4.50. The number of unbranched alkanes of at least 4 members (excludes halogenated alkanes) is 2. The van der Waals surface area contributed by atoms with E-state index in [4.69, 9.17) is 0 Å². The van der Waals surface area contributed by atoms with Crippen molar-refractivity contribution in [3.63, 3.8) is 0 Å². The van der Waals surface area contributed by atoms with Gasteiger partial charge in [-0.25, -0.2) is 0 Å². The van der Waals surface area contributed by atoms with Gasteiger partial charge in [0.2, 0.25) is 0 Å². The van der Waals surface area contributed by atoms with Gasteiger partial charge in [0, 0.05) is 0 Å². The minimum Gasteiger partial charge on any atom is -1.00 e. The lowest BCUT2D eigenvalue weighted by molar-refractivity contribution is -0.00000576. The first kappa shape index (κ1) is 27.0. The van der Waals surface area contributed by atoms with Crippen LogP contribution >= 0.6 is 24.2 Å². The first-order valence-electron chi connectivity index (χ1n) is 10.6. The molecule has 0 aliphatic heterocycles. The Morgan fingerprint density at radius 3 is 1.40 bits per heavy atom. The summed E-state index contributed by atoms with van der Waals surface area (Å²) in [6.07, 6.45) is 6.28. The van der Waals surface area contributed by atoms with Gasteiger partial charge in [0.25, 0.3) is 0 Å². The zero-order valence-electron chi connectivity index (χ0n) is 17.8. The molecule has 0 saturated heterocycles. The van der Waals surface area contributed by atoms with Gasteiger partial charge >= 0.3 is 0 Å². The van der Waals surface area contributed by atoms with E-state index in [9.17, 15) is 0 Å². The van der Waals surface area contributed by atoms with Gasteiger partial charge in [-0.05, 0) is 62.3 Å². The van der Waals surface area contributed by atoms with E-state index >= 15 is 0 Å². The maximum atomic E-state index is 3.66. The molecule has 3 rings (SSSR count). The van der Waals surface area contributed by atoms with Crippen LogP contribution in [0.5, 0.6) is 0 Å². The number of hydrogen-bond donors (Lipinski definition) is 1. The predicted molar refractivity (Wildman–Crippen MR) is 137 cm³/mol. The molecule has 30 heavy (non-hydrogen) atoms. The molecule has 0 spiro atoms. The van der Waals surface area contributed by atoms with Crippen molar-refractivity contribution in [2.75, 3.05) is 19.3 Å². The Kier molecular flexibility index (Phi) is 13.4. The van der Waals surface area contributed by atoms with Crippen LogP contribution in [0.2, 0.25) is 0 Å². The number of hydrogen-bond acceptors (Lipinski definition) is 1. The normalized spacial score (nSPS) is 10.7. The highest BCUT2D eigenvalue weighted by Gasteiger charge is 2.44. The Labute approximate surface area is 204 Å². The molecule has 0 bridgehead atoms. The third kappa shape index (κ3) is 7.02. The van der Waals surface area contributed by atoms with Crippen LogP contribution in [0.25, 0.3) is 0 Å². The molecule has 1 N–H and O–H groups in total. The van der Waals surface area contributed by atoms with E-state index in [-0.39, 0.29) is 34.0 Å². The largest absolute Gasteiger partial charge is 1.00 e. The predicted octanol–water partition coefficient (Wildman–Crippen LogP) is 2.73. The highest BCUT2D eigenvalue weighted by molar-refractivity contribution is 8.93. The van der Waals surface area contributed by atoms with Gasteiger partial charge in [0.05, 0.1) is 6.16 Å². The second-order valence-corrected chi connectivity index (χ2v) is 11.0. The zero-order valence-corrected chi connectivity index (χ0v) is 22.0. The van der Waals surface area contributed by atoms with Crippen LogP contribution in [0.4, 0.5) is 0 Å². The Bertz CT molecular complexity index is 700. The Morgan fingerprint density at radius 2 is 1.00 bits per heavy atom. The van der Waals surface area contributed by atoms with Crippen molar-refractivity contribution in [3.05, 3.63) is 91.0 Å². The molecule has 3 aromatic rings. The molecule has 162 valence electrons. The maximum Gasteiger partial charge on any atom is 0.112 e. The van der Waals surface area contributed by atoms with Crippen LogP contribution < -0.4 is 38.2 Å². The van der Waals surface area contributed by atoms with Crippen molar-refractivity contribution >= 4 is 40.2 Å². The fraction of sp³-hybridized carbons (Fsp3) is 0.308. The molecular formula is C26H34Br2NP. The highest BCUT2D eigenvalue weighted by Crippen LogP contribution is 2.55. The van der Waals surface area contributed by atoms with Gasteiger partial charge in [0.1, 0.15) is 23.2 Å². The summed E-state index contributed by atoms with van der Waals surface area (Å²) in [7, 11) is -1.65. The SMILES string of the molecule is Br.CCCCCNCCC[P+](c1ccccc1)(c1ccccc1)c1ccccc1.[Br-]. The maximum absolute atomic E-state index is 3.66. The lowest BCUT2D eigenvalue weighted by Crippen LogP contribution is -3.00. The fourth-order valence-electron chi connectivity index (χ4n) is 3.95. The molecule has 0 aliphatic rings. The average molecular weight is 551 g/mol. The lowest BCUT2D eigenvalue weighted by atomic mass is 10.2. The van der Waals surface area contributed by atoms with E-state index in [1.165, 1.54) is 47.8 Å². The second kappa shape index (κ2) is 14.9. The number of halogens is 2. The third-order valence-corrected chi connectivity index (χ3v) is 9.92. The number of nitrogens with one attached hydrogen (secondary N) is 1. The van der Waals surface area contributed by atoms with Gasteiger partial charge in [0.15, 0.2) is 0 Å². The summed E-state index contributed by atoms with van der Waals surface area (Å²) in [6, 6.07) is 33.6. The molecule has 0 atom stereocenters.